The van der Waals surface area contributed by atoms with Crippen LogP contribution in [0.15, 0.2) is 54.7 Å². The second kappa shape index (κ2) is 19.3. The normalized spacial score (nSPS) is 11.8. The van der Waals surface area contributed by atoms with Crippen LogP contribution in [0.4, 0.5) is 32.0 Å². The van der Waals surface area contributed by atoms with E-state index in [1.807, 2.05) is 64.5 Å². The van der Waals surface area contributed by atoms with E-state index in [2.05, 4.69) is 43.4 Å². The maximum Gasteiger partial charge on any atom is 0.490 e. The number of aromatic amines is 2. The highest BCUT2D eigenvalue weighted by Crippen LogP contribution is 2.28. The molecule has 0 spiro atoms. The van der Waals surface area contributed by atoms with Crippen molar-refractivity contribution in [3.63, 3.8) is 0 Å². The van der Waals surface area contributed by atoms with Crippen LogP contribution >= 0.6 is 0 Å². The quantitative estimate of drug-likeness (QED) is 0.0692. The third-order valence-electron chi connectivity index (χ3n) is 7.63. The molecule has 5 N–H and O–H groups in total. The molecule has 0 bridgehead atoms. The van der Waals surface area contributed by atoms with Crippen molar-refractivity contribution >= 4 is 40.2 Å². The molecule has 0 radical (unpaired) electrons. The van der Waals surface area contributed by atoms with E-state index in [4.69, 9.17) is 19.8 Å². The monoisotopic (exact) mass is 741 g/mol. The molecule has 0 aliphatic carbocycles. The number of amides is 1. The highest BCUT2D eigenvalue weighted by atomic mass is 19.4. The molecule has 2 aromatic heterocycles. The Kier molecular flexibility index (Phi) is 15.9. The first-order valence-electron chi connectivity index (χ1n) is 16.0. The summed E-state index contributed by atoms with van der Waals surface area (Å²) in [6.45, 7) is 3.93. The van der Waals surface area contributed by atoms with Crippen LogP contribution in [0.5, 0.6) is 0 Å². The summed E-state index contributed by atoms with van der Waals surface area (Å²) in [5, 5.41) is 18.6. The zero-order valence-corrected chi connectivity index (χ0v) is 28.9. The highest BCUT2D eigenvalue weighted by Gasteiger charge is 2.38. The third-order valence-corrected chi connectivity index (χ3v) is 7.63. The number of hydrogen-bond acceptors (Lipinski definition) is 6. The van der Waals surface area contributed by atoms with Gasteiger partial charge in [0.2, 0.25) is 5.91 Å². The van der Waals surface area contributed by atoms with Crippen LogP contribution in [0.3, 0.4) is 0 Å². The van der Waals surface area contributed by atoms with Crippen LogP contribution in [-0.4, -0.2) is 75.2 Å². The van der Waals surface area contributed by atoms with Gasteiger partial charge in [0.25, 0.3) is 0 Å². The number of aliphatic carboxylic acids is 2. The van der Waals surface area contributed by atoms with Crippen molar-refractivity contribution in [1.82, 2.24) is 20.3 Å². The van der Waals surface area contributed by atoms with Crippen molar-refractivity contribution in [1.29, 1.82) is 0 Å². The van der Waals surface area contributed by atoms with Gasteiger partial charge in [0.05, 0.1) is 24.4 Å². The maximum atomic E-state index is 13.4. The number of alkyl halides is 6. The number of hydrogen-bond donors (Lipinski definition) is 5. The first-order chi connectivity index (χ1) is 24.2. The lowest BCUT2D eigenvalue weighted by Crippen LogP contribution is -2.30. The number of carbonyl (C=O) groups is 4. The lowest BCUT2D eigenvalue weighted by Gasteiger charge is -2.17. The van der Waals surface area contributed by atoms with Crippen LogP contribution in [0.1, 0.15) is 68.6 Å². The van der Waals surface area contributed by atoms with E-state index < -0.39 is 24.3 Å². The van der Waals surface area contributed by atoms with Gasteiger partial charge in [-0.1, -0.05) is 50.1 Å². The summed E-state index contributed by atoms with van der Waals surface area (Å²) in [4.78, 5) is 56.4. The van der Waals surface area contributed by atoms with E-state index in [0.29, 0.717) is 18.6 Å². The number of carbonyl (C=O) groups excluding carboxylic acids is 2. The van der Waals surface area contributed by atoms with Crippen molar-refractivity contribution in [3.8, 4) is 11.3 Å². The molecule has 0 saturated carbocycles. The first kappa shape index (κ1) is 42.8. The average Bonchev–Trinajstić information content (AvgIpc) is 3.68. The Morgan fingerprint density at radius 2 is 1.48 bits per heavy atom. The van der Waals surface area contributed by atoms with Crippen LogP contribution in [0, 0.1) is 6.92 Å². The number of rotatable bonds is 13. The van der Waals surface area contributed by atoms with E-state index in [1.165, 1.54) is 0 Å². The molecule has 52 heavy (non-hydrogen) atoms. The van der Waals surface area contributed by atoms with Crippen molar-refractivity contribution < 1.29 is 55.7 Å². The lowest BCUT2D eigenvalue weighted by atomic mass is 10.0. The van der Waals surface area contributed by atoms with Crippen LogP contribution in [0.25, 0.3) is 22.2 Å². The third kappa shape index (κ3) is 13.8. The first-order valence-corrected chi connectivity index (χ1v) is 16.0. The fourth-order valence-corrected chi connectivity index (χ4v) is 4.86. The van der Waals surface area contributed by atoms with E-state index in [-0.39, 0.29) is 18.4 Å². The van der Waals surface area contributed by atoms with Gasteiger partial charge < -0.3 is 30.4 Å². The predicted octanol–water partition coefficient (Wildman–Crippen LogP) is 7.53. The number of ketones is 1. The number of fused-ring (bicyclic) bond motifs is 1. The summed E-state index contributed by atoms with van der Waals surface area (Å²) in [5.74, 6) is -4.49. The van der Waals surface area contributed by atoms with E-state index >= 15 is 0 Å². The molecule has 4 aromatic rings. The largest absolute Gasteiger partial charge is 0.490 e. The standard InChI is InChI=1S/C31H39N5O2.2C2HF3O2/c1-5-24(37)14-10-7-11-15-28(31-32-20-29(35-31)22-12-8-6-9-13-22)34-30(38)19-25-21(2)33-27-17-16-23(36(3)4)18-26(25)27;2*3-2(4,5)1(6)7/h6,8-9,12-13,16-18,20,28,33H,5,7,10-11,14-15,19H2,1-4H3,(H,32,35)(H,34,38);2*(H,6,7)/t28-;;/m0../s1. The van der Waals surface area contributed by atoms with Crippen LogP contribution in [-0.2, 0) is 25.6 Å². The number of halogens is 6. The SMILES string of the molecule is CCC(=O)CCCCC[C@H](NC(=O)Cc1c(C)[nH]c2ccc(N(C)C)cc12)c1ncc(-c2ccccc2)[nH]1.O=C(O)C(F)(F)F.O=C(O)C(F)(F)F. The molecule has 2 aromatic carbocycles. The smallest absolute Gasteiger partial charge is 0.475 e. The molecule has 0 unspecified atom stereocenters. The van der Waals surface area contributed by atoms with Crippen LogP contribution < -0.4 is 10.2 Å². The Bertz CT molecular complexity index is 1760. The van der Waals surface area contributed by atoms with Crippen LogP contribution in [0.2, 0.25) is 0 Å². The molecule has 1 amide bonds. The fraction of sp³-hybridized carbons (Fsp3) is 0.400. The van der Waals surface area contributed by atoms with Gasteiger partial charge in [0.15, 0.2) is 0 Å². The van der Waals surface area contributed by atoms with Crippen molar-refractivity contribution in [3.05, 3.63) is 71.8 Å². The molecule has 0 fully saturated rings. The van der Waals surface area contributed by atoms with Crippen molar-refractivity contribution in [2.45, 2.75) is 77.2 Å². The van der Waals surface area contributed by atoms with Gasteiger partial charge in [0.1, 0.15) is 11.6 Å². The molecule has 2 heterocycles. The fourth-order valence-electron chi connectivity index (χ4n) is 4.86. The summed E-state index contributed by atoms with van der Waals surface area (Å²) < 4.78 is 63.5. The van der Waals surface area contributed by atoms with Gasteiger partial charge in [-0.15, -0.1) is 0 Å². The summed E-state index contributed by atoms with van der Waals surface area (Å²) in [5.41, 5.74) is 6.14. The average molecular weight is 742 g/mol. The summed E-state index contributed by atoms with van der Waals surface area (Å²) in [6.07, 6.45) is -3.35. The molecular weight excluding hydrogens is 700 g/mol. The van der Waals surface area contributed by atoms with E-state index in [0.717, 1.165) is 70.6 Å². The minimum absolute atomic E-state index is 0.0342. The second-order valence-corrected chi connectivity index (χ2v) is 11.8. The Hall–Kier alpha value is -5.35. The maximum absolute atomic E-state index is 13.4. The lowest BCUT2D eigenvalue weighted by molar-refractivity contribution is -0.193. The minimum Gasteiger partial charge on any atom is -0.475 e. The molecule has 0 saturated heterocycles. The second-order valence-electron chi connectivity index (χ2n) is 11.8. The number of carboxylic acid groups (broad SMARTS) is 2. The number of Topliss-reactive ketones (excluding diaryl/α,β-unsaturated/α-hetero) is 1. The predicted molar refractivity (Wildman–Crippen MR) is 182 cm³/mol. The Balaban J connectivity index is 0.000000564. The molecule has 0 aliphatic heterocycles. The molecule has 284 valence electrons. The number of anilines is 1. The number of nitrogens with one attached hydrogen (secondary N) is 3. The number of imidazole rings is 1. The van der Waals surface area contributed by atoms with Crippen molar-refractivity contribution in [2.75, 3.05) is 19.0 Å². The van der Waals surface area contributed by atoms with Gasteiger partial charge >= 0.3 is 24.3 Å². The number of benzene rings is 2. The summed E-state index contributed by atoms with van der Waals surface area (Å²) >= 11 is 0. The van der Waals surface area contributed by atoms with E-state index in [9.17, 15) is 35.9 Å². The molecule has 11 nitrogen and oxygen atoms in total. The van der Waals surface area contributed by atoms with Crippen molar-refractivity contribution in [2.24, 2.45) is 0 Å². The number of aryl methyl sites for hydroxylation is 1. The summed E-state index contributed by atoms with van der Waals surface area (Å²) in [6, 6.07) is 16.1. The van der Waals surface area contributed by atoms with Gasteiger partial charge in [-0.25, -0.2) is 14.6 Å². The minimum atomic E-state index is -5.08. The topological polar surface area (TPSA) is 168 Å². The van der Waals surface area contributed by atoms with Gasteiger partial charge in [0, 0.05) is 49.2 Å². The van der Waals surface area contributed by atoms with Gasteiger partial charge in [-0.3, -0.25) is 9.59 Å². The number of H-pyrrole nitrogens is 2. The molecule has 4 rings (SSSR count). The summed E-state index contributed by atoms with van der Waals surface area (Å²) in [7, 11) is 4.03. The molecule has 0 aliphatic rings. The zero-order valence-electron chi connectivity index (χ0n) is 28.9. The Labute approximate surface area is 295 Å². The zero-order chi connectivity index (χ0) is 39.2. The molecular formula is C35H41F6N5O6. The number of nitrogens with zero attached hydrogens (tertiary/aromatic N) is 2. The molecule has 1 atom stereocenters. The van der Waals surface area contributed by atoms with E-state index in [1.54, 1.807) is 0 Å². The van der Waals surface area contributed by atoms with Gasteiger partial charge in [-0.2, -0.15) is 26.3 Å². The number of aromatic nitrogens is 3. The molecule has 17 heteroatoms. The highest BCUT2D eigenvalue weighted by molar-refractivity contribution is 5.92. The number of unbranched alkanes of at least 4 members (excludes halogenated alkanes) is 2. The Morgan fingerprint density at radius 1 is 0.885 bits per heavy atom. The number of carboxylic acids is 2. The Morgan fingerprint density at radius 3 is 2.02 bits per heavy atom. The van der Waals surface area contributed by atoms with Gasteiger partial charge in [-0.05, 0) is 49.1 Å².